The number of esters is 1. The van der Waals surface area contributed by atoms with Gasteiger partial charge in [-0.1, -0.05) is 17.7 Å². The Morgan fingerprint density at radius 3 is 2.81 bits per heavy atom. The van der Waals surface area contributed by atoms with Gasteiger partial charge in [0.15, 0.2) is 5.11 Å². The van der Waals surface area contributed by atoms with E-state index in [-0.39, 0.29) is 18.1 Å². The zero-order chi connectivity index (χ0) is 22.7. The first-order valence-electron chi connectivity index (χ1n) is 10.5. The zero-order valence-electron chi connectivity index (χ0n) is 18.0. The molecule has 0 radical (unpaired) electrons. The van der Waals surface area contributed by atoms with Gasteiger partial charge >= 0.3 is 5.97 Å². The molecule has 2 atom stereocenters. The molecule has 1 aliphatic heterocycles. The third kappa shape index (κ3) is 4.49. The summed E-state index contributed by atoms with van der Waals surface area (Å²) >= 11 is 12.0. The number of thiocarbonyl (C=S) groups is 1. The minimum absolute atomic E-state index is 0.0963. The van der Waals surface area contributed by atoms with E-state index in [1.165, 1.54) is 7.11 Å². The van der Waals surface area contributed by atoms with Gasteiger partial charge in [0.1, 0.15) is 0 Å². The molecule has 3 heterocycles. The van der Waals surface area contributed by atoms with Crippen molar-refractivity contribution in [2.24, 2.45) is 0 Å². The first-order chi connectivity index (χ1) is 15.5. The Kier molecular flexibility index (Phi) is 6.77. The second-order valence-electron chi connectivity index (χ2n) is 7.74. The summed E-state index contributed by atoms with van der Waals surface area (Å²) in [7, 11) is 1.41. The van der Waals surface area contributed by atoms with Crippen LogP contribution < -0.4 is 5.32 Å². The first-order valence-corrected chi connectivity index (χ1v) is 11.3. The summed E-state index contributed by atoms with van der Waals surface area (Å²) in [5.74, 6) is -0.221. The molecule has 0 saturated carbocycles. The summed E-state index contributed by atoms with van der Waals surface area (Å²) in [6.07, 6.45) is 4.81. The lowest BCUT2D eigenvalue weighted by atomic mass is 10.0. The molecule has 1 aromatic carbocycles. The Bertz CT molecular complexity index is 1120. The first kappa shape index (κ1) is 22.3. The number of nitrogens with one attached hydrogen (secondary N) is 1. The number of nitrogens with zero attached hydrogens (tertiary/aromatic N) is 3. The van der Waals surface area contributed by atoms with Crippen molar-refractivity contribution in [3.8, 4) is 5.69 Å². The lowest BCUT2D eigenvalue weighted by Gasteiger charge is -2.29. The van der Waals surface area contributed by atoms with E-state index in [0.717, 1.165) is 27.7 Å². The van der Waals surface area contributed by atoms with Crippen LogP contribution in [0.25, 0.3) is 5.69 Å². The fraction of sp³-hybridized carbons (Fsp3) is 0.292. The van der Waals surface area contributed by atoms with E-state index in [4.69, 9.17) is 28.6 Å². The zero-order valence-corrected chi connectivity index (χ0v) is 19.6. The summed E-state index contributed by atoms with van der Waals surface area (Å²) in [5.41, 5.74) is 4.03. The van der Waals surface area contributed by atoms with Gasteiger partial charge in [0.05, 0.1) is 24.9 Å². The molecule has 3 aromatic rings. The van der Waals surface area contributed by atoms with Gasteiger partial charge in [-0.3, -0.25) is 9.78 Å². The molecule has 32 heavy (non-hydrogen) atoms. The number of pyridine rings is 1. The Balaban J connectivity index is 1.72. The lowest BCUT2D eigenvalue weighted by molar-refractivity contribution is -0.140. The van der Waals surface area contributed by atoms with Crippen molar-refractivity contribution in [2.45, 2.75) is 31.8 Å². The topological polar surface area (TPSA) is 59.4 Å². The number of benzene rings is 1. The molecular formula is C24H25ClN4O2S. The molecule has 1 aliphatic rings. The summed E-state index contributed by atoms with van der Waals surface area (Å²) in [6, 6.07) is 15.8. The van der Waals surface area contributed by atoms with E-state index in [1.807, 2.05) is 49.5 Å². The lowest BCUT2D eigenvalue weighted by Crippen LogP contribution is -2.31. The van der Waals surface area contributed by atoms with Gasteiger partial charge < -0.3 is 19.5 Å². The van der Waals surface area contributed by atoms with Crippen molar-refractivity contribution < 1.29 is 9.53 Å². The maximum absolute atomic E-state index is 11.6. The average molecular weight is 469 g/mol. The minimum Gasteiger partial charge on any atom is -0.469 e. The van der Waals surface area contributed by atoms with Crippen molar-refractivity contribution in [3.63, 3.8) is 0 Å². The van der Waals surface area contributed by atoms with Gasteiger partial charge in [-0.2, -0.15) is 0 Å². The van der Waals surface area contributed by atoms with Crippen molar-refractivity contribution in [3.05, 3.63) is 82.9 Å². The third-order valence-electron chi connectivity index (χ3n) is 5.71. The van der Waals surface area contributed by atoms with Gasteiger partial charge in [-0.15, -0.1) is 0 Å². The standard InChI is InChI=1S/C24H25ClN4O2S/c1-16-15-17(10-11-18(16)25)28-13-5-8-20(28)23-22(19-7-3-4-12-26-19)27-24(32)29(23)14-6-9-21(30)31-2/h3-5,7-8,10-13,15,22-23H,6,9,14H2,1-2H3,(H,27,32)/t22-,23+/m0/s1. The highest BCUT2D eigenvalue weighted by Gasteiger charge is 2.41. The molecule has 0 unspecified atom stereocenters. The smallest absolute Gasteiger partial charge is 0.305 e. The number of hydrogen-bond donors (Lipinski definition) is 1. The number of carbonyl (C=O) groups excluding carboxylic acids is 1. The summed E-state index contributed by atoms with van der Waals surface area (Å²) in [6.45, 7) is 2.62. The molecule has 0 bridgehead atoms. The van der Waals surface area contributed by atoms with Crippen LogP contribution in [-0.4, -0.2) is 39.2 Å². The molecule has 1 fully saturated rings. The maximum atomic E-state index is 11.6. The SMILES string of the molecule is COC(=O)CCCN1C(=S)N[C@@H](c2ccccn2)[C@H]1c1cccn1-c1ccc(Cl)c(C)c1. The second-order valence-corrected chi connectivity index (χ2v) is 8.53. The third-order valence-corrected chi connectivity index (χ3v) is 6.48. The van der Waals surface area contributed by atoms with Crippen molar-refractivity contribution >= 4 is 34.9 Å². The van der Waals surface area contributed by atoms with E-state index in [0.29, 0.717) is 24.5 Å². The van der Waals surface area contributed by atoms with Crippen LogP contribution in [0.3, 0.4) is 0 Å². The number of hydrogen-bond acceptors (Lipinski definition) is 4. The van der Waals surface area contributed by atoms with Crippen LogP contribution in [0.4, 0.5) is 0 Å². The van der Waals surface area contributed by atoms with Gasteiger partial charge in [-0.05, 0) is 73.6 Å². The van der Waals surface area contributed by atoms with Crippen LogP contribution in [0.15, 0.2) is 60.9 Å². The molecule has 4 rings (SSSR count). The number of ether oxygens (including phenoxy) is 1. The highest BCUT2D eigenvalue weighted by Crippen LogP contribution is 2.39. The Hall–Kier alpha value is -2.90. The highest BCUT2D eigenvalue weighted by molar-refractivity contribution is 7.80. The normalized spacial score (nSPS) is 18.0. The predicted octanol–water partition coefficient (Wildman–Crippen LogP) is 4.76. The number of rotatable bonds is 7. The molecule has 166 valence electrons. The molecule has 6 nitrogen and oxygen atoms in total. The Morgan fingerprint density at radius 1 is 1.25 bits per heavy atom. The molecular weight excluding hydrogens is 444 g/mol. The number of halogens is 1. The van der Waals surface area contributed by atoms with Crippen LogP contribution >= 0.6 is 23.8 Å². The van der Waals surface area contributed by atoms with Crippen LogP contribution in [0.2, 0.25) is 5.02 Å². The predicted molar refractivity (Wildman–Crippen MR) is 129 cm³/mol. The maximum Gasteiger partial charge on any atom is 0.305 e. The molecule has 1 saturated heterocycles. The van der Waals surface area contributed by atoms with E-state index < -0.39 is 0 Å². The van der Waals surface area contributed by atoms with Gasteiger partial charge in [0, 0.05) is 41.8 Å². The van der Waals surface area contributed by atoms with E-state index in [9.17, 15) is 4.79 Å². The minimum atomic E-state index is -0.221. The van der Waals surface area contributed by atoms with Crippen molar-refractivity contribution in [1.29, 1.82) is 0 Å². The molecule has 8 heteroatoms. The molecule has 1 N–H and O–H groups in total. The molecule has 0 aliphatic carbocycles. The number of aromatic nitrogens is 2. The molecule has 0 amide bonds. The summed E-state index contributed by atoms with van der Waals surface area (Å²) in [4.78, 5) is 18.4. The number of aryl methyl sites for hydroxylation is 1. The van der Waals surface area contributed by atoms with E-state index in [2.05, 4.69) is 31.9 Å². The average Bonchev–Trinajstić information content (AvgIpc) is 3.40. The monoisotopic (exact) mass is 468 g/mol. The Labute approximate surface area is 198 Å². The van der Waals surface area contributed by atoms with Crippen LogP contribution in [0, 0.1) is 6.92 Å². The van der Waals surface area contributed by atoms with Gasteiger partial charge in [0.25, 0.3) is 0 Å². The highest BCUT2D eigenvalue weighted by atomic mass is 35.5. The van der Waals surface area contributed by atoms with Crippen molar-refractivity contribution in [2.75, 3.05) is 13.7 Å². The second kappa shape index (κ2) is 9.71. The fourth-order valence-corrected chi connectivity index (χ4v) is 4.56. The van der Waals surface area contributed by atoms with Crippen LogP contribution in [-0.2, 0) is 9.53 Å². The van der Waals surface area contributed by atoms with E-state index >= 15 is 0 Å². The van der Waals surface area contributed by atoms with Crippen LogP contribution in [0.1, 0.15) is 41.9 Å². The van der Waals surface area contributed by atoms with Gasteiger partial charge in [0.2, 0.25) is 0 Å². The quantitative estimate of drug-likeness (QED) is 0.398. The van der Waals surface area contributed by atoms with Gasteiger partial charge in [-0.25, -0.2) is 0 Å². The van der Waals surface area contributed by atoms with E-state index in [1.54, 1.807) is 6.20 Å². The number of carbonyl (C=O) groups is 1. The number of methoxy groups -OCH3 is 1. The molecule has 0 spiro atoms. The largest absolute Gasteiger partial charge is 0.469 e. The van der Waals surface area contributed by atoms with Crippen molar-refractivity contribution in [1.82, 2.24) is 19.8 Å². The van der Waals surface area contributed by atoms with Crippen LogP contribution in [0.5, 0.6) is 0 Å². The summed E-state index contributed by atoms with van der Waals surface area (Å²) in [5, 5.41) is 4.84. The molecule has 2 aromatic heterocycles. The Morgan fingerprint density at radius 2 is 2.09 bits per heavy atom. The summed E-state index contributed by atoms with van der Waals surface area (Å²) < 4.78 is 6.96. The fourth-order valence-electron chi connectivity index (χ4n) is 4.11.